The van der Waals surface area contributed by atoms with Gasteiger partial charge in [-0.3, -0.25) is 4.90 Å². The maximum atomic E-state index is 6.41. The Labute approximate surface area is 108 Å². The van der Waals surface area contributed by atoms with E-state index < -0.39 is 0 Å². The minimum absolute atomic E-state index is 0.272. The van der Waals surface area contributed by atoms with Crippen LogP contribution < -0.4 is 5.73 Å². The minimum atomic E-state index is 0.272. The monoisotopic (exact) mass is 240 g/mol. The maximum absolute atomic E-state index is 6.41. The first-order chi connectivity index (χ1) is 7.88. The largest absolute Gasteiger partial charge is 0.326 e. The van der Waals surface area contributed by atoms with Crippen molar-refractivity contribution >= 4 is 0 Å². The van der Waals surface area contributed by atoms with Crippen LogP contribution in [0.3, 0.4) is 0 Å². The van der Waals surface area contributed by atoms with Gasteiger partial charge in [0.1, 0.15) is 0 Å². The number of nitrogens with zero attached hydrogens (tertiary/aromatic N) is 1. The first kappa shape index (κ1) is 15.0. The molecule has 3 unspecified atom stereocenters. The molecule has 2 nitrogen and oxygen atoms in total. The Morgan fingerprint density at radius 2 is 1.88 bits per heavy atom. The van der Waals surface area contributed by atoms with Gasteiger partial charge in [0, 0.05) is 18.1 Å². The lowest BCUT2D eigenvalue weighted by Gasteiger charge is -2.46. The Morgan fingerprint density at radius 1 is 1.24 bits per heavy atom. The summed E-state index contributed by atoms with van der Waals surface area (Å²) in [6.07, 6.45) is 6.52. The molecule has 17 heavy (non-hydrogen) atoms. The molecule has 0 aromatic rings. The van der Waals surface area contributed by atoms with E-state index in [1.54, 1.807) is 0 Å². The number of likely N-dealkylation sites (tertiary alicyclic amines) is 1. The van der Waals surface area contributed by atoms with Crippen molar-refractivity contribution in [2.75, 3.05) is 6.54 Å². The van der Waals surface area contributed by atoms with Crippen LogP contribution in [0.5, 0.6) is 0 Å². The summed E-state index contributed by atoms with van der Waals surface area (Å²) in [5.74, 6) is 0. The molecule has 0 bridgehead atoms. The van der Waals surface area contributed by atoms with Gasteiger partial charge in [-0.25, -0.2) is 0 Å². The quantitative estimate of drug-likeness (QED) is 0.819. The SMILES string of the molecule is CCC(N)C(N1CCCCCC1C)C(C)(C)C. The van der Waals surface area contributed by atoms with Crippen LogP contribution >= 0.6 is 0 Å². The van der Waals surface area contributed by atoms with Crippen LogP contribution in [0, 0.1) is 5.41 Å². The molecular weight excluding hydrogens is 208 g/mol. The topological polar surface area (TPSA) is 29.3 Å². The Balaban J connectivity index is 2.87. The second-order valence-corrected chi connectivity index (χ2v) is 6.82. The van der Waals surface area contributed by atoms with Crippen molar-refractivity contribution in [3.8, 4) is 0 Å². The van der Waals surface area contributed by atoms with E-state index in [0.29, 0.717) is 18.1 Å². The molecule has 0 spiro atoms. The molecule has 2 N–H and O–H groups in total. The molecule has 1 rings (SSSR count). The molecule has 1 saturated heterocycles. The molecule has 0 aromatic carbocycles. The average Bonchev–Trinajstić information content (AvgIpc) is 2.42. The van der Waals surface area contributed by atoms with Gasteiger partial charge in [-0.05, 0) is 38.1 Å². The van der Waals surface area contributed by atoms with E-state index in [-0.39, 0.29) is 5.41 Å². The summed E-state index contributed by atoms with van der Waals surface area (Å²) >= 11 is 0. The maximum Gasteiger partial charge on any atom is 0.0298 e. The highest BCUT2D eigenvalue weighted by Gasteiger charge is 2.36. The molecule has 2 heteroatoms. The molecule has 1 aliphatic rings. The average molecular weight is 240 g/mol. The predicted octanol–water partition coefficient (Wildman–Crippen LogP) is 3.40. The van der Waals surface area contributed by atoms with E-state index >= 15 is 0 Å². The van der Waals surface area contributed by atoms with Gasteiger partial charge in [0.05, 0.1) is 0 Å². The molecule has 0 saturated carbocycles. The van der Waals surface area contributed by atoms with Crippen molar-refractivity contribution in [2.24, 2.45) is 11.1 Å². The molecule has 102 valence electrons. The number of hydrogen-bond donors (Lipinski definition) is 1. The summed E-state index contributed by atoms with van der Waals surface area (Å²) in [5.41, 5.74) is 6.68. The molecule has 1 heterocycles. The fourth-order valence-electron chi connectivity index (χ4n) is 3.32. The second kappa shape index (κ2) is 6.19. The minimum Gasteiger partial charge on any atom is -0.326 e. The first-order valence-corrected chi connectivity index (χ1v) is 7.39. The highest BCUT2D eigenvalue weighted by Crippen LogP contribution is 2.31. The van der Waals surface area contributed by atoms with Crippen molar-refractivity contribution in [3.05, 3.63) is 0 Å². The van der Waals surface area contributed by atoms with Gasteiger partial charge in [-0.2, -0.15) is 0 Å². The van der Waals surface area contributed by atoms with Crippen molar-refractivity contribution < 1.29 is 0 Å². The zero-order valence-electron chi connectivity index (χ0n) is 12.5. The van der Waals surface area contributed by atoms with E-state index in [2.05, 4.69) is 39.5 Å². The summed E-state index contributed by atoms with van der Waals surface area (Å²) in [6.45, 7) is 12.8. The second-order valence-electron chi connectivity index (χ2n) is 6.82. The Morgan fingerprint density at radius 3 is 2.41 bits per heavy atom. The highest BCUT2D eigenvalue weighted by atomic mass is 15.2. The van der Waals surface area contributed by atoms with Gasteiger partial charge in [-0.1, -0.05) is 40.5 Å². The van der Waals surface area contributed by atoms with Crippen LogP contribution in [-0.4, -0.2) is 29.6 Å². The van der Waals surface area contributed by atoms with Crippen LogP contribution in [0.2, 0.25) is 0 Å². The molecule has 1 aliphatic heterocycles. The fraction of sp³-hybridized carbons (Fsp3) is 1.00. The van der Waals surface area contributed by atoms with Gasteiger partial charge in [0.15, 0.2) is 0 Å². The molecule has 0 radical (unpaired) electrons. The van der Waals surface area contributed by atoms with Crippen LogP contribution in [0.4, 0.5) is 0 Å². The molecule has 0 aliphatic carbocycles. The van der Waals surface area contributed by atoms with Crippen LogP contribution in [0.25, 0.3) is 0 Å². The molecule has 3 atom stereocenters. The first-order valence-electron chi connectivity index (χ1n) is 7.39. The van der Waals surface area contributed by atoms with Gasteiger partial charge in [0.25, 0.3) is 0 Å². The summed E-state index contributed by atoms with van der Waals surface area (Å²) in [7, 11) is 0. The molecule has 0 amide bonds. The van der Waals surface area contributed by atoms with Gasteiger partial charge < -0.3 is 5.73 Å². The normalized spacial score (nSPS) is 27.5. The van der Waals surface area contributed by atoms with Crippen LogP contribution in [0.15, 0.2) is 0 Å². The lowest BCUT2D eigenvalue weighted by atomic mass is 9.79. The lowest BCUT2D eigenvalue weighted by Crippen LogP contribution is -2.57. The highest BCUT2D eigenvalue weighted by molar-refractivity contribution is 4.93. The molecular formula is C15H32N2. The standard InChI is InChI=1S/C15H32N2/c1-6-13(16)14(15(3,4)5)17-11-9-7-8-10-12(17)2/h12-14H,6-11,16H2,1-5H3. The summed E-state index contributed by atoms with van der Waals surface area (Å²) in [4.78, 5) is 2.70. The third-order valence-corrected chi connectivity index (χ3v) is 4.23. The zero-order valence-corrected chi connectivity index (χ0v) is 12.5. The van der Waals surface area contributed by atoms with E-state index in [1.165, 1.54) is 32.2 Å². The van der Waals surface area contributed by atoms with E-state index in [9.17, 15) is 0 Å². The van der Waals surface area contributed by atoms with Crippen LogP contribution in [0.1, 0.15) is 66.7 Å². The fourth-order valence-corrected chi connectivity index (χ4v) is 3.32. The molecule has 1 fully saturated rings. The Kier molecular flexibility index (Phi) is 5.46. The molecule has 0 aromatic heterocycles. The van der Waals surface area contributed by atoms with E-state index in [0.717, 1.165) is 6.42 Å². The number of nitrogens with two attached hydrogens (primary N) is 1. The van der Waals surface area contributed by atoms with Crippen molar-refractivity contribution in [1.82, 2.24) is 4.90 Å². The number of rotatable bonds is 3. The smallest absolute Gasteiger partial charge is 0.0298 e. The Hall–Kier alpha value is -0.0800. The van der Waals surface area contributed by atoms with Gasteiger partial charge in [0.2, 0.25) is 0 Å². The van der Waals surface area contributed by atoms with Crippen LogP contribution in [-0.2, 0) is 0 Å². The summed E-state index contributed by atoms with van der Waals surface area (Å²) in [5, 5.41) is 0. The number of hydrogen-bond acceptors (Lipinski definition) is 2. The summed E-state index contributed by atoms with van der Waals surface area (Å²) < 4.78 is 0. The van der Waals surface area contributed by atoms with E-state index in [4.69, 9.17) is 5.73 Å². The Bertz CT molecular complexity index is 219. The van der Waals surface area contributed by atoms with Crippen molar-refractivity contribution in [3.63, 3.8) is 0 Å². The summed E-state index contributed by atoms with van der Waals surface area (Å²) in [6, 6.07) is 1.51. The third-order valence-electron chi connectivity index (χ3n) is 4.23. The van der Waals surface area contributed by atoms with Crippen molar-refractivity contribution in [2.45, 2.75) is 84.8 Å². The lowest BCUT2D eigenvalue weighted by molar-refractivity contribution is 0.0472. The van der Waals surface area contributed by atoms with Gasteiger partial charge >= 0.3 is 0 Å². The van der Waals surface area contributed by atoms with E-state index in [1.807, 2.05) is 0 Å². The zero-order chi connectivity index (χ0) is 13.1. The predicted molar refractivity (Wildman–Crippen MR) is 76.1 cm³/mol. The van der Waals surface area contributed by atoms with Crippen molar-refractivity contribution in [1.29, 1.82) is 0 Å². The third kappa shape index (κ3) is 3.96. The van der Waals surface area contributed by atoms with Gasteiger partial charge in [-0.15, -0.1) is 0 Å².